The summed E-state index contributed by atoms with van der Waals surface area (Å²) in [6.07, 6.45) is 5.14. The Morgan fingerprint density at radius 3 is 2.82 bits per heavy atom. The molecule has 0 aliphatic heterocycles. The lowest BCUT2D eigenvalue weighted by atomic mass is 10.2. The molecule has 0 spiro atoms. The van der Waals surface area contributed by atoms with Gasteiger partial charge in [0.05, 0.1) is 0 Å². The Morgan fingerprint density at radius 1 is 1.27 bits per heavy atom. The van der Waals surface area contributed by atoms with Crippen molar-refractivity contribution in [2.75, 3.05) is 5.75 Å². The number of nitrogens with zero attached hydrogens (tertiary/aromatic N) is 4. The highest BCUT2D eigenvalue weighted by molar-refractivity contribution is 7.80. The fraction of sp³-hybridized carbons (Fsp3) is 0.833. The summed E-state index contributed by atoms with van der Waals surface area (Å²) in [4.78, 5) is 0. The minimum absolute atomic E-state index is 0.917. The van der Waals surface area contributed by atoms with Crippen LogP contribution in [0.25, 0.3) is 0 Å². The molecular formula is C6H12N4S. The number of tetrazole rings is 1. The van der Waals surface area contributed by atoms with Crippen LogP contribution in [-0.4, -0.2) is 26.0 Å². The first-order valence-corrected chi connectivity index (χ1v) is 4.38. The van der Waals surface area contributed by atoms with E-state index < -0.39 is 0 Å². The maximum Gasteiger partial charge on any atom is 0.138 e. The van der Waals surface area contributed by atoms with Gasteiger partial charge in [-0.25, -0.2) is 4.68 Å². The Balaban J connectivity index is 2.04. The van der Waals surface area contributed by atoms with Crippen molar-refractivity contribution in [2.45, 2.75) is 25.8 Å². The van der Waals surface area contributed by atoms with Crippen molar-refractivity contribution in [3.63, 3.8) is 0 Å². The lowest BCUT2D eigenvalue weighted by Crippen LogP contribution is -1.98. The zero-order valence-corrected chi connectivity index (χ0v) is 7.24. The quantitative estimate of drug-likeness (QED) is 0.527. The first kappa shape index (κ1) is 8.52. The van der Waals surface area contributed by atoms with Crippen molar-refractivity contribution in [3.05, 3.63) is 6.33 Å². The third-order valence-electron chi connectivity index (χ3n) is 1.44. The van der Waals surface area contributed by atoms with Crippen LogP contribution >= 0.6 is 12.6 Å². The van der Waals surface area contributed by atoms with Crippen LogP contribution in [-0.2, 0) is 6.54 Å². The van der Waals surface area contributed by atoms with E-state index in [0.717, 1.165) is 18.7 Å². The van der Waals surface area contributed by atoms with Crippen LogP contribution in [0, 0.1) is 0 Å². The predicted octanol–water partition coefficient (Wildman–Crippen LogP) is 0.773. The minimum Gasteiger partial charge on any atom is -0.233 e. The molecule has 5 heteroatoms. The molecule has 0 saturated carbocycles. The number of thiol groups is 1. The predicted molar refractivity (Wildman–Crippen MR) is 45.5 cm³/mol. The molecule has 1 aromatic rings. The summed E-state index contributed by atoms with van der Waals surface area (Å²) >= 11 is 4.12. The smallest absolute Gasteiger partial charge is 0.138 e. The van der Waals surface area contributed by atoms with Crippen LogP contribution in [0.15, 0.2) is 6.33 Å². The van der Waals surface area contributed by atoms with Crippen molar-refractivity contribution >= 4 is 12.6 Å². The van der Waals surface area contributed by atoms with Crippen molar-refractivity contribution in [2.24, 2.45) is 0 Å². The molecule has 1 heterocycles. The van der Waals surface area contributed by atoms with Gasteiger partial charge in [-0.05, 0) is 29.0 Å². The van der Waals surface area contributed by atoms with Gasteiger partial charge in [0.15, 0.2) is 0 Å². The van der Waals surface area contributed by atoms with Gasteiger partial charge in [0, 0.05) is 6.54 Å². The highest BCUT2D eigenvalue weighted by Crippen LogP contribution is 1.98. The first-order chi connectivity index (χ1) is 5.43. The van der Waals surface area contributed by atoms with Gasteiger partial charge in [0.25, 0.3) is 0 Å². The van der Waals surface area contributed by atoms with E-state index >= 15 is 0 Å². The Labute approximate surface area is 71.4 Å². The van der Waals surface area contributed by atoms with E-state index in [1.165, 1.54) is 12.8 Å². The second-order valence-corrected chi connectivity index (χ2v) is 2.80. The van der Waals surface area contributed by atoms with E-state index in [0.29, 0.717) is 0 Å². The highest BCUT2D eigenvalue weighted by atomic mass is 32.1. The molecular weight excluding hydrogens is 160 g/mol. The van der Waals surface area contributed by atoms with Crippen LogP contribution < -0.4 is 0 Å². The van der Waals surface area contributed by atoms with Crippen LogP contribution in [0.4, 0.5) is 0 Å². The monoisotopic (exact) mass is 172 g/mol. The number of aryl methyl sites for hydroxylation is 1. The Morgan fingerprint density at radius 2 is 2.18 bits per heavy atom. The summed E-state index contributed by atoms with van der Waals surface area (Å²) in [5.74, 6) is 0.968. The second kappa shape index (κ2) is 5.12. The lowest BCUT2D eigenvalue weighted by Gasteiger charge is -1.97. The summed E-state index contributed by atoms with van der Waals surface area (Å²) in [7, 11) is 0. The van der Waals surface area contributed by atoms with E-state index in [9.17, 15) is 0 Å². The number of rotatable bonds is 5. The molecule has 0 unspecified atom stereocenters. The molecule has 0 aliphatic carbocycles. The van der Waals surface area contributed by atoms with Gasteiger partial charge < -0.3 is 0 Å². The van der Waals surface area contributed by atoms with E-state index in [-0.39, 0.29) is 0 Å². The molecule has 0 aromatic carbocycles. The van der Waals surface area contributed by atoms with Crippen molar-refractivity contribution in [1.82, 2.24) is 20.2 Å². The molecule has 0 aliphatic rings. The highest BCUT2D eigenvalue weighted by Gasteiger charge is 1.91. The standard InChI is InChI=1S/C6H12N4S/c11-5-3-1-2-4-10-6-7-8-9-10/h6,11H,1-5H2. The molecule has 62 valence electrons. The molecule has 0 amide bonds. The summed E-state index contributed by atoms with van der Waals surface area (Å²) in [6, 6.07) is 0. The average Bonchev–Trinajstić information content (AvgIpc) is 2.50. The molecule has 0 fully saturated rings. The van der Waals surface area contributed by atoms with Crippen LogP contribution in [0.3, 0.4) is 0 Å². The molecule has 4 nitrogen and oxygen atoms in total. The molecule has 1 rings (SSSR count). The molecule has 0 N–H and O–H groups in total. The molecule has 1 aromatic heterocycles. The molecule has 0 atom stereocenters. The van der Waals surface area contributed by atoms with Crippen molar-refractivity contribution in [1.29, 1.82) is 0 Å². The molecule has 0 bridgehead atoms. The summed E-state index contributed by atoms with van der Waals surface area (Å²) < 4.78 is 1.75. The lowest BCUT2D eigenvalue weighted by molar-refractivity contribution is 0.538. The maximum atomic E-state index is 4.12. The number of hydrogen-bond acceptors (Lipinski definition) is 4. The topological polar surface area (TPSA) is 43.6 Å². The molecule has 11 heavy (non-hydrogen) atoms. The normalized spacial score (nSPS) is 10.3. The van der Waals surface area contributed by atoms with Gasteiger partial charge in [0.2, 0.25) is 0 Å². The van der Waals surface area contributed by atoms with Gasteiger partial charge in [-0.15, -0.1) is 5.10 Å². The average molecular weight is 172 g/mol. The number of aromatic nitrogens is 4. The number of hydrogen-bond donors (Lipinski definition) is 1. The SMILES string of the molecule is SCCCCCn1cnnn1. The van der Waals surface area contributed by atoms with Crippen LogP contribution in [0.2, 0.25) is 0 Å². The Hall–Kier alpha value is -0.580. The van der Waals surface area contributed by atoms with Crippen LogP contribution in [0.5, 0.6) is 0 Å². The fourth-order valence-corrected chi connectivity index (χ4v) is 1.07. The summed E-state index contributed by atoms with van der Waals surface area (Å²) in [6.45, 7) is 0.917. The zero-order chi connectivity index (χ0) is 7.94. The largest absolute Gasteiger partial charge is 0.233 e. The van der Waals surface area contributed by atoms with Gasteiger partial charge in [-0.2, -0.15) is 12.6 Å². The Kier molecular flexibility index (Phi) is 3.96. The van der Waals surface area contributed by atoms with Crippen molar-refractivity contribution in [3.8, 4) is 0 Å². The van der Waals surface area contributed by atoms with E-state index in [2.05, 4.69) is 28.2 Å². The summed E-state index contributed by atoms with van der Waals surface area (Å²) in [5, 5.41) is 10.8. The van der Waals surface area contributed by atoms with Crippen LogP contribution in [0.1, 0.15) is 19.3 Å². The third-order valence-corrected chi connectivity index (χ3v) is 1.75. The van der Waals surface area contributed by atoms with Gasteiger partial charge in [-0.3, -0.25) is 0 Å². The zero-order valence-electron chi connectivity index (χ0n) is 6.35. The Bertz CT molecular complexity index is 175. The van der Waals surface area contributed by atoms with E-state index in [1.807, 2.05) is 0 Å². The first-order valence-electron chi connectivity index (χ1n) is 3.75. The third kappa shape index (κ3) is 3.36. The maximum absolute atomic E-state index is 4.12. The molecule has 0 saturated heterocycles. The fourth-order valence-electron chi connectivity index (χ4n) is 0.845. The van der Waals surface area contributed by atoms with Crippen molar-refractivity contribution < 1.29 is 0 Å². The molecule has 0 radical (unpaired) electrons. The minimum atomic E-state index is 0.917. The van der Waals surface area contributed by atoms with Gasteiger partial charge in [0.1, 0.15) is 6.33 Å². The second-order valence-electron chi connectivity index (χ2n) is 2.36. The van der Waals surface area contributed by atoms with E-state index in [4.69, 9.17) is 0 Å². The van der Waals surface area contributed by atoms with Gasteiger partial charge in [-0.1, -0.05) is 6.42 Å². The van der Waals surface area contributed by atoms with E-state index in [1.54, 1.807) is 11.0 Å². The van der Waals surface area contributed by atoms with Gasteiger partial charge >= 0.3 is 0 Å². The summed E-state index contributed by atoms with van der Waals surface area (Å²) in [5.41, 5.74) is 0. The number of unbranched alkanes of at least 4 members (excludes halogenated alkanes) is 2.